The molecule has 2 unspecified atom stereocenters. The average molecular weight is 398 g/mol. The molecular weight excluding hydrogens is 362 g/mol. The molecule has 158 valence electrons. The standard InChI is InChI=1S/C22H35N7/c1-6-23-21(26-19-13-10-14-29-20(19)25-17(3)28-29)24-15-22(4,5)27-16(2)18-11-8-7-9-12-18/h7-9,11-12,16,19,27H,6,10,13-15H2,1-5H3,(H2,23,24,26). The summed E-state index contributed by atoms with van der Waals surface area (Å²) in [5, 5.41) is 15.2. The molecule has 0 saturated carbocycles. The van der Waals surface area contributed by atoms with E-state index in [1.165, 1.54) is 5.56 Å². The van der Waals surface area contributed by atoms with Gasteiger partial charge >= 0.3 is 0 Å². The van der Waals surface area contributed by atoms with Crippen molar-refractivity contribution in [3.63, 3.8) is 0 Å². The first-order chi connectivity index (χ1) is 13.9. The summed E-state index contributed by atoms with van der Waals surface area (Å²) < 4.78 is 2.02. The van der Waals surface area contributed by atoms with Crippen molar-refractivity contribution in [1.82, 2.24) is 30.7 Å². The maximum atomic E-state index is 4.88. The molecule has 0 fully saturated rings. The molecule has 29 heavy (non-hydrogen) atoms. The summed E-state index contributed by atoms with van der Waals surface area (Å²) in [5.74, 6) is 2.67. The zero-order valence-corrected chi connectivity index (χ0v) is 18.4. The fraction of sp³-hybridized carbons (Fsp3) is 0.591. The molecule has 2 aromatic rings. The van der Waals surface area contributed by atoms with E-state index in [1.54, 1.807) is 0 Å². The summed E-state index contributed by atoms with van der Waals surface area (Å²) >= 11 is 0. The van der Waals surface area contributed by atoms with E-state index in [0.29, 0.717) is 6.54 Å². The third kappa shape index (κ3) is 5.79. The molecule has 1 aliphatic rings. The van der Waals surface area contributed by atoms with Gasteiger partial charge in [0.2, 0.25) is 0 Å². The lowest BCUT2D eigenvalue weighted by Gasteiger charge is -2.30. The second kappa shape index (κ2) is 9.39. The van der Waals surface area contributed by atoms with Gasteiger partial charge in [0, 0.05) is 24.7 Å². The first kappa shape index (κ1) is 21.3. The van der Waals surface area contributed by atoms with Crippen LogP contribution in [-0.4, -0.2) is 39.4 Å². The highest BCUT2D eigenvalue weighted by atomic mass is 15.4. The normalized spacial score (nSPS) is 18.2. The van der Waals surface area contributed by atoms with Crippen LogP contribution < -0.4 is 16.0 Å². The Labute approximate surface area is 174 Å². The number of aromatic nitrogens is 3. The zero-order chi connectivity index (χ0) is 20.9. The second-order valence-electron chi connectivity index (χ2n) is 8.44. The van der Waals surface area contributed by atoms with Gasteiger partial charge in [0.05, 0.1) is 12.6 Å². The van der Waals surface area contributed by atoms with E-state index in [2.05, 4.69) is 78.0 Å². The molecule has 0 saturated heterocycles. The van der Waals surface area contributed by atoms with E-state index >= 15 is 0 Å². The van der Waals surface area contributed by atoms with Gasteiger partial charge in [-0.05, 0) is 53.0 Å². The summed E-state index contributed by atoms with van der Waals surface area (Å²) in [7, 11) is 0. The van der Waals surface area contributed by atoms with Crippen molar-refractivity contribution in [3.05, 3.63) is 47.5 Å². The SMILES string of the molecule is CCNC(=NCC(C)(C)NC(C)c1ccccc1)NC1CCCn2nc(C)nc21. The van der Waals surface area contributed by atoms with Crippen LogP contribution in [0.2, 0.25) is 0 Å². The molecule has 3 rings (SSSR count). The summed E-state index contributed by atoms with van der Waals surface area (Å²) in [6, 6.07) is 10.9. The Kier molecular flexibility index (Phi) is 6.90. The molecule has 7 heteroatoms. The molecule has 3 N–H and O–H groups in total. The van der Waals surface area contributed by atoms with Crippen LogP contribution in [0.3, 0.4) is 0 Å². The number of aryl methyl sites for hydroxylation is 2. The van der Waals surface area contributed by atoms with Crippen LogP contribution in [0.15, 0.2) is 35.3 Å². The van der Waals surface area contributed by atoms with Crippen LogP contribution in [0.4, 0.5) is 0 Å². The van der Waals surface area contributed by atoms with E-state index in [4.69, 9.17) is 4.99 Å². The number of benzene rings is 1. The Balaban J connectivity index is 1.65. The van der Waals surface area contributed by atoms with Crippen molar-refractivity contribution < 1.29 is 0 Å². The highest BCUT2D eigenvalue weighted by molar-refractivity contribution is 5.80. The molecule has 0 amide bonds. The minimum Gasteiger partial charge on any atom is -0.357 e. The third-order valence-electron chi connectivity index (χ3n) is 5.18. The minimum atomic E-state index is -0.138. The minimum absolute atomic E-state index is 0.138. The van der Waals surface area contributed by atoms with Gasteiger partial charge in [-0.1, -0.05) is 30.3 Å². The molecule has 0 bridgehead atoms. The van der Waals surface area contributed by atoms with Crippen LogP contribution >= 0.6 is 0 Å². The predicted octanol–water partition coefficient (Wildman–Crippen LogP) is 3.11. The summed E-state index contributed by atoms with van der Waals surface area (Å²) in [4.78, 5) is 9.50. The van der Waals surface area contributed by atoms with Crippen molar-refractivity contribution >= 4 is 5.96 Å². The summed E-state index contributed by atoms with van der Waals surface area (Å²) in [6.07, 6.45) is 2.13. The van der Waals surface area contributed by atoms with Gasteiger partial charge in [0.15, 0.2) is 5.96 Å². The largest absolute Gasteiger partial charge is 0.357 e. The van der Waals surface area contributed by atoms with Gasteiger partial charge in [-0.15, -0.1) is 0 Å². The van der Waals surface area contributed by atoms with Gasteiger partial charge in [-0.3, -0.25) is 4.99 Å². The number of hydrogen-bond acceptors (Lipinski definition) is 4. The number of nitrogens with one attached hydrogen (secondary N) is 3. The van der Waals surface area contributed by atoms with Gasteiger partial charge in [0.25, 0.3) is 0 Å². The van der Waals surface area contributed by atoms with Crippen LogP contribution in [0.1, 0.15) is 69.8 Å². The maximum absolute atomic E-state index is 4.88. The number of fused-ring (bicyclic) bond motifs is 1. The van der Waals surface area contributed by atoms with Gasteiger partial charge < -0.3 is 16.0 Å². The van der Waals surface area contributed by atoms with E-state index in [-0.39, 0.29) is 17.6 Å². The molecule has 2 heterocycles. The van der Waals surface area contributed by atoms with Crippen LogP contribution in [0.25, 0.3) is 0 Å². The smallest absolute Gasteiger partial charge is 0.191 e. The lowest BCUT2D eigenvalue weighted by atomic mass is 10.0. The van der Waals surface area contributed by atoms with Crippen LogP contribution in [-0.2, 0) is 6.54 Å². The predicted molar refractivity (Wildman–Crippen MR) is 118 cm³/mol. The molecule has 0 spiro atoms. The Hall–Kier alpha value is -2.41. The third-order valence-corrected chi connectivity index (χ3v) is 5.18. The fourth-order valence-corrected chi connectivity index (χ4v) is 3.82. The Morgan fingerprint density at radius 2 is 2.07 bits per heavy atom. The summed E-state index contributed by atoms with van der Waals surface area (Å²) in [5.41, 5.74) is 1.15. The quantitative estimate of drug-likeness (QED) is 0.494. The van der Waals surface area contributed by atoms with Gasteiger partial charge in [0.1, 0.15) is 11.6 Å². The monoisotopic (exact) mass is 397 g/mol. The van der Waals surface area contributed by atoms with Crippen LogP contribution in [0, 0.1) is 6.92 Å². The van der Waals surface area contributed by atoms with Crippen molar-refractivity contribution in [2.24, 2.45) is 4.99 Å². The Bertz CT molecular complexity index is 810. The average Bonchev–Trinajstić information content (AvgIpc) is 3.08. The van der Waals surface area contributed by atoms with Gasteiger partial charge in [-0.25, -0.2) is 9.67 Å². The number of aliphatic imine (C=N–C) groups is 1. The maximum Gasteiger partial charge on any atom is 0.191 e. The molecule has 0 radical (unpaired) electrons. The van der Waals surface area contributed by atoms with E-state index in [9.17, 15) is 0 Å². The molecule has 1 aromatic heterocycles. The molecular formula is C22H35N7. The lowest BCUT2D eigenvalue weighted by Crippen LogP contribution is -2.46. The van der Waals surface area contributed by atoms with E-state index < -0.39 is 0 Å². The highest BCUT2D eigenvalue weighted by Crippen LogP contribution is 2.23. The van der Waals surface area contributed by atoms with Crippen molar-refractivity contribution in [2.75, 3.05) is 13.1 Å². The van der Waals surface area contributed by atoms with E-state index in [1.807, 2.05) is 17.7 Å². The molecule has 1 aromatic carbocycles. The molecule has 7 nitrogen and oxygen atoms in total. The molecule has 1 aliphatic heterocycles. The first-order valence-electron chi connectivity index (χ1n) is 10.7. The summed E-state index contributed by atoms with van der Waals surface area (Å²) in [6.45, 7) is 13.0. The van der Waals surface area contributed by atoms with E-state index in [0.717, 1.165) is 43.5 Å². The van der Waals surface area contributed by atoms with Crippen LogP contribution in [0.5, 0.6) is 0 Å². The fourth-order valence-electron chi connectivity index (χ4n) is 3.82. The number of guanidine groups is 1. The Morgan fingerprint density at radius 1 is 1.31 bits per heavy atom. The lowest BCUT2D eigenvalue weighted by molar-refractivity contribution is 0.355. The molecule has 0 aliphatic carbocycles. The number of nitrogens with zero attached hydrogens (tertiary/aromatic N) is 4. The molecule has 2 atom stereocenters. The topological polar surface area (TPSA) is 79.2 Å². The zero-order valence-electron chi connectivity index (χ0n) is 18.4. The van der Waals surface area contributed by atoms with Gasteiger partial charge in [-0.2, -0.15) is 5.10 Å². The van der Waals surface area contributed by atoms with Crippen molar-refractivity contribution in [1.29, 1.82) is 0 Å². The first-order valence-corrected chi connectivity index (χ1v) is 10.7. The number of hydrogen-bond donors (Lipinski definition) is 3. The second-order valence-corrected chi connectivity index (χ2v) is 8.44. The van der Waals surface area contributed by atoms with Crippen molar-refractivity contribution in [2.45, 2.75) is 71.6 Å². The Morgan fingerprint density at radius 3 is 2.79 bits per heavy atom. The van der Waals surface area contributed by atoms with Crippen molar-refractivity contribution in [3.8, 4) is 0 Å². The number of rotatable bonds is 7. The highest BCUT2D eigenvalue weighted by Gasteiger charge is 2.25.